The summed E-state index contributed by atoms with van der Waals surface area (Å²) < 4.78 is 2.40. The SMILES string of the molecule is c1ccc(-c2ccccc2N(c2ccc(-c3ccc4c(c3)-c3c5cccc3-c3cccc-4c3-c3ccccc3-5)cc2)c2ccc3c4ccccc4n(-c4ccccc4)c3c2)cc1. The predicted octanol–water partition coefficient (Wildman–Crippen LogP) is 16.5. The van der Waals surface area contributed by atoms with Crippen molar-refractivity contribution in [2.24, 2.45) is 0 Å². The smallest absolute Gasteiger partial charge is 0.0561 e. The van der Waals surface area contributed by atoms with Gasteiger partial charge in [0.25, 0.3) is 0 Å². The number of hydrogen-bond donors (Lipinski definition) is 0. The van der Waals surface area contributed by atoms with Crippen LogP contribution in [-0.2, 0) is 0 Å². The van der Waals surface area contributed by atoms with E-state index in [1.807, 2.05) is 0 Å². The van der Waals surface area contributed by atoms with E-state index < -0.39 is 0 Å². The number of aromatic nitrogens is 1. The fourth-order valence-electron chi connectivity index (χ4n) is 10.4. The first-order chi connectivity index (χ1) is 30.8. The summed E-state index contributed by atoms with van der Waals surface area (Å²) in [5.74, 6) is 0. The molecule has 10 aromatic carbocycles. The molecular weight excluding hydrogens is 749 g/mol. The third-order valence-electron chi connectivity index (χ3n) is 13.1. The second-order valence-electron chi connectivity index (χ2n) is 16.4. The van der Waals surface area contributed by atoms with E-state index in [4.69, 9.17) is 0 Å². The molecule has 1 aromatic heterocycles. The summed E-state index contributed by atoms with van der Waals surface area (Å²) in [5, 5.41) is 2.47. The monoisotopic (exact) mass is 786 g/mol. The number of hydrogen-bond acceptors (Lipinski definition) is 1. The van der Waals surface area contributed by atoms with Gasteiger partial charge >= 0.3 is 0 Å². The Bertz CT molecular complexity index is 3540. The third-order valence-corrected chi connectivity index (χ3v) is 13.1. The van der Waals surface area contributed by atoms with Crippen molar-refractivity contribution in [3.8, 4) is 83.6 Å². The van der Waals surface area contributed by atoms with E-state index >= 15 is 0 Å². The molecule has 0 fully saturated rings. The maximum Gasteiger partial charge on any atom is 0.0561 e. The van der Waals surface area contributed by atoms with Crippen LogP contribution in [0.1, 0.15) is 0 Å². The van der Waals surface area contributed by atoms with E-state index in [0.717, 1.165) is 22.7 Å². The molecule has 0 saturated heterocycles. The summed E-state index contributed by atoms with van der Waals surface area (Å²) >= 11 is 0. The van der Waals surface area contributed by atoms with Crippen molar-refractivity contribution in [2.45, 2.75) is 0 Å². The molecule has 0 aliphatic heterocycles. The zero-order valence-electron chi connectivity index (χ0n) is 33.8. The molecule has 6 bridgehead atoms. The first-order valence-corrected chi connectivity index (χ1v) is 21.4. The maximum atomic E-state index is 2.43. The molecule has 2 nitrogen and oxygen atoms in total. The summed E-state index contributed by atoms with van der Waals surface area (Å²) in [6, 6.07) is 84.8. The van der Waals surface area contributed by atoms with Crippen molar-refractivity contribution in [1.29, 1.82) is 0 Å². The van der Waals surface area contributed by atoms with Gasteiger partial charge in [-0.2, -0.15) is 0 Å². The second-order valence-corrected chi connectivity index (χ2v) is 16.4. The molecule has 2 heteroatoms. The molecule has 288 valence electrons. The van der Waals surface area contributed by atoms with Crippen molar-refractivity contribution >= 4 is 38.9 Å². The van der Waals surface area contributed by atoms with Crippen LogP contribution in [0, 0.1) is 0 Å². The first kappa shape index (κ1) is 34.6. The average Bonchev–Trinajstić information content (AvgIpc) is 3.62. The Kier molecular flexibility index (Phi) is 7.64. The van der Waals surface area contributed by atoms with Crippen molar-refractivity contribution in [1.82, 2.24) is 4.57 Å². The standard InChI is InChI=1S/C60H38N2/c1-3-15-40(16-4-1)45-19-9-11-27-56(45)61(44-34-36-49-48-21-10-12-28-57(48)62(58(49)38-44)42-17-5-2-6-18-42)43-32-29-39(30-33-43)41-31-35-47-52-24-14-25-53-54-26-13-23-51(60(54)55(47)37-41)46-20-7-8-22-50(46)59(52)53/h1-38H. The van der Waals surface area contributed by atoms with E-state index in [9.17, 15) is 0 Å². The Morgan fingerprint density at radius 2 is 0.806 bits per heavy atom. The molecule has 2 aliphatic carbocycles. The minimum atomic E-state index is 1.09. The van der Waals surface area contributed by atoms with E-state index in [0.29, 0.717) is 0 Å². The summed E-state index contributed by atoms with van der Waals surface area (Å²) in [6.45, 7) is 0. The van der Waals surface area contributed by atoms with Gasteiger partial charge < -0.3 is 9.47 Å². The highest BCUT2D eigenvalue weighted by atomic mass is 15.1. The highest BCUT2D eigenvalue weighted by Crippen LogP contribution is 2.57. The van der Waals surface area contributed by atoms with E-state index in [1.165, 1.54) is 99.7 Å². The van der Waals surface area contributed by atoms with Gasteiger partial charge in [-0.05, 0) is 127 Å². The third kappa shape index (κ3) is 5.17. The molecule has 13 rings (SSSR count). The van der Waals surface area contributed by atoms with Crippen LogP contribution in [0.2, 0.25) is 0 Å². The molecule has 11 aromatic rings. The van der Waals surface area contributed by atoms with Gasteiger partial charge in [0.2, 0.25) is 0 Å². The van der Waals surface area contributed by atoms with Crippen LogP contribution in [0.5, 0.6) is 0 Å². The Labute approximate surface area is 360 Å². The van der Waals surface area contributed by atoms with Crippen molar-refractivity contribution in [3.63, 3.8) is 0 Å². The largest absolute Gasteiger partial charge is 0.310 e. The lowest BCUT2D eigenvalue weighted by atomic mass is 9.83. The van der Waals surface area contributed by atoms with E-state index in [2.05, 4.69) is 240 Å². The molecule has 2 aliphatic rings. The van der Waals surface area contributed by atoms with Crippen LogP contribution >= 0.6 is 0 Å². The Morgan fingerprint density at radius 3 is 1.56 bits per heavy atom. The topological polar surface area (TPSA) is 8.17 Å². The molecule has 0 amide bonds. The molecule has 0 spiro atoms. The number of rotatable bonds is 6. The van der Waals surface area contributed by atoms with Crippen LogP contribution in [-0.4, -0.2) is 4.57 Å². The predicted molar refractivity (Wildman–Crippen MR) is 261 cm³/mol. The average molecular weight is 787 g/mol. The van der Waals surface area contributed by atoms with Gasteiger partial charge in [-0.15, -0.1) is 0 Å². The minimum Gasteiger partial charge on any atom is -0.310 e. The normalized spacial score (nSPS) is 11.9. The molecule has 0 unspecified atom stereocenters. The summed E-state index contributed by atoms with van der Waals surface area (Å²) in [5.41, 5.74) is 24.6. The highest BCUT2D eigenvalue weighted by molar-refractivity contribution is 6.15. The molecule has 0 radical (unpaired) electrons. The Morgan fingerprint density at radius 1 is 0.274 bits per heavy atom. The second kappa shape index (κ2) is 13.7. The van der Waals surface area contributed by atoms with Crippen LogP contribution in [0.4, 0.5) is 17.1 Å². The minimum absolute atomic E-state index is 1.09. The van der Waals surface area contributed by atoms with Gasteiger partial charge in [0.15, 0.2) is 0 Å². The van der Waals surface area contributed by atoms with Crippen LogP contribution < -0.4 is 4.90 Å². The fraction of sp³-hybridized carbons (Fsp3) is 0. The molecule has 0 N–H and O–H groups in total. The van der Waals surface area contributed by atoms with Gasteiger partial charge in [0, 0.05) is 33.4 Å². The number of fused-ring (bicyclic) bond motifs is 7. The zero-order chi connectivity index (χ0) is 40.7. The van der Waals surface area contributed by atoms with Gasteiger partial charge in [-0.25, -0.2) is 0 Å². The Hall–Kier alpha value is -8.20. The van der Waals surface area contributed by atoms with Crippen LogP contribution in [0.3, 0.4) is 0 Å². The quantitative estimate of drug-likeness (QED) is 0.163. The highest BCUT2D eigenvalue weighted by Gasteiger charge is 2.31. The number of anilines is 3. The zero-order valence-corrected chi connectivity index (χ0v) is 33.8. The van der Waals surface area contributed by atoms with Crippen molar-refractivity contribution in [2.75, 3.05) is 4.90 Å². The molecule has 62 heavy (non-hydrogen) atoms. The van der Waals surface area contributed by atoms with Gasteiger partial charge in [0.1, 0.15) is 0 Å². The summed E-state index contributed by atoms with van der Waals surface area (Å²) in [4.78, 5) is 2.43. The van der Waals surface area contributed by atoms with Crippen LogP contribution in [0.15, 0.2) is 231 Å². The van der Waals surface area contributed by atoms with E-state index in [-0.39, 0.29) is 0 Å². The lowest BCUT2D eigenvalue weighted by Crippen LogP contribution is -2.11. The summed E-state index contributed by atoms with van der Waals surface area (Å²) in [6.07, 6.45) is 0. The fourth-order valence-corrected chi connectivity index (χ4v) is 10.4. The van der Waals surface area contributed by atoms with Crippen molar-refractivity contribution in [3.05, 3.63) is 231 Å². The number of nitrogens with zero attached hydrogens (tertiary/aromatic N) is 2. The molecule has 0 atom stereocenters. The van der Waals surface area contributed by atoms with Crippen LogP contribution in [0.25, 0.3) is 105 Å². The molecule has 0 saturated carbocycles. The number of benzene rings is 10. The van der Waals surface area contributed by atoms with Gasteiger partial charge in [-0.1, -0.05) is 176 Å². The molecular formula is C60H38N2. The first-order valence-electron chi connectivity index (χ1n) is 21.4. The lowest BCUT2D eigenvalue weighted by molar-refractivity contribution is 1.18. The lowest BCUT2D eigenvalue weighted by Gasteiger charge is -2.28. The van der Waals surface area contributed by atoms with Crippen molar-refractivity contribution < 1.29 is 0 Å². The molecule has 1 heterocycles. The van der Waals surface area contributed by atoms with E-state index in [1.54, 1.807) is 0 Å². The summed E-state index contributed by atoms with van der Waals surface area (Å²) in [7, 11) is 0. The van der Waals surface area contributed by atoms with Gasteiger partial charge in [-0.3, -0.25) is 0 Å². The van der Waals surface area contributed by atoms with Gasteiger partial charge in [0.05, 0.1) is 16.7 Å². The maximum absolute atomic E-state index is 2.43. The Balaban J connectivity index is 0.982. The number of para-hydroxylation sites is 3.